The molecule has 0 saturated carbocycles. The van der Waals surface area contributed by atoms with E-state index in [4.69, 9.17) is 0 Å². The molecule has 0 aliphatic heterocycles. The standard InChI is InChI=1S/C17H25N/c1-14(2)17(16-10-4-3-5-11-16)18-13-12-15-8-6-7-9-15/h3-5,8,10-11,14,17-18H,6-7,9,12-13H2,1-2H3. The Morgan fingerprint density at radius 2 is 1.94 bits per heavy atom. The van der Waals surface area contributed by atoms with Crippen molar-refractivity contribution in [3.8, 4) is 0 Å². The van der Waals surface area contributed by atoms with Gasteiger partial charge in [-0.1, -0.05) is 55.8 Å². The summed E-state index contributed by atoms with van der Waals surface area (Å²) in [4.78, 5) is 0. The minimum Gasteiger partial charge on any atom is -0.309 e. The summed E-state index contributed by atoms with van der Waals surface area (Å²) in [6, 6.07) is 11.3. The lowest BCUT2D eigenvalue weighted by Crippen LogP contribution is -2.26. The van der Waals surface area contributed by atoms with Crippen molar-refractivity contribution in [2.75, 3.05) is 6.54 Å². The molecule has 1 unspecified atom stereocenters. The third kappa shape index (κ3) is 3.71. The zero-order chi connectivity index (χ0) is 12.8. The molecule has 0 bridgehead atoms. The molecule has 0 radical (unpaired) electrons. The van der Waals surface area contributed by atoms with Crippen LogP contribution in [0.3, 0.4) is 0 Å². The Kier molecular flexibility index (Phi) is 5.00. The molecule has 1 aliphatic carbocycles. The van der Waals surface area contributed by atoms with Gasteiger partial charge in [0.25, 0.3) is 0 Å². The highest BCUT2D eigenvalue weighted by atomic mass is 14.9. The fourth-order valence-corrected chi connectivity index (χ4v) is 2.75. The van der Waals surface area contributed by atoms with Crippen molar-refractivity contribution in [1.29, 1.82) is 0 Å². The largest absolute Gasteiger partial charge is 0.309 e. The molecule has 1 nitrogen and oxygen atoms in total. The number of rotatable bonds is 6. The van der Waals surface area contributed by atoms with Crippen LogP contribution >= 0.6 is 0 Å². The van der Waals surface area contributed by atoms with Gasteiger partial charge in [0.05, 0.1) is 0 Å². The van der Waals surface area contributed by atoms with E-state index in [-0.39, 0.29) is 0 Å². The number of hydrogen-bond donors (Lipinski definition) is 1. The van der Waals surface area contributed by atoms with Crippen LogP contribution in [0.2, 0.25) is 0 Å². The Morgan fingerprint density at radius 1 is 1.17 bits per heavy atom. The highest BCUT2D eigenvalue weighted by Gasteiger charge is 2.14. The SMILES string of the molecule is CC(C)C(NCCC1=CCCC1)c1ccccc1. The van der Waals surface area contributed by atoms with Crippen molar-refractivity contribution in [3.05, 3.63) is 47.5 Å². The topological polar surface area (TPSA) is 12.0 Å². The third-order valence-corrected chi connectivity index (χ3v) is 3.77. The van der Waals surface area contributed by atoms with E-state index >= 15 is 0 Å². The zero-order valence-electron chi connectivity index (χ0n) is 11.7. The van der Waals surface area contributed by atoms with Gasteiger partial charge in [-0.3, -0.25) is 0 Å². The van der Waals surface area contributed by atoms with E-state index in [1.54, 1.807) is 5.57 Å². The highest BCUT2D eigenvalue weighted by Crippen LogP contribution is 2.23. The highest BCUT2D eigenvalue weighted by molar-refractivity contribution is 5.19. The number of hydrogen-bond acceptors (Lipinski definition) is 1. The monoisotopic (exact) mass is 243 g/mol. The maximum atomic E-state index is 3.72. The molecule has 0 amide bonds. The molecule has 98 valence electrons. The molecule has 0 heterocycles. The van der Waals surface area contributed by atoms with Gasteiger partial charge in [0.2, 0.25) is 0 Å². The first-order valence-electron chi connectivity index (χ1n) is 7.23. The molecule has 0 fully saturated rings. The number of nitrogens with one attached hydrogen (secondary N) is 1. The molecule has 1 atom stereocenters. The Morgan fingerprint density at radius 3 is 2.56 bits per heavy atom. The summed E-state index contributed by atoms with van der Waals surface area (Å²) in [6.07, 6.45) is 7.62. The summed E-state index contributed by atoms with van der Waals surface area (Å²) in [5.41, 5.74) is 3.06. The first-order valence-corrected chi connectivity index (χ1v) is 7.23. The van der Waals surface area contributed by atoms with Gasteiger partial charge in [0.1, 0.15) is 0 Å². The van der Waals surface area contributed by atoms with Crippen molar-refractivity contribution in [1.82, 2.24) is 5.32 Å². The molecule has 0 spiro atoms. The molecule has 1 aromatic carbocycles. The maximum absolute atomic E-state index is 3.72. The van der Waals surface area contributed by atoms with Crippen molar-refractivity contribution >= 4 is 0 Å². The van der Waals surface area contributed by atoms with E-state index in [1.165, 1.54) is 31.2 Å². The van der Waals surface area contributed by atoms with Gasteiger partial charge in [0.15, 0.2) is 0 Å². The van der Waals surface area contributed by atoms with Gasteiger partial charge in [-0.15, -0.1) is 0 Å². The summed E-state index contributed by atoms with van der Waals surface area (Å²) < 4.78 is 0. The Balaban J connectivity index is 1.87. The molecule has 0 aromatic heterocycles. The van der Waals surface area contributed by atoms with E-state index in [0.717, 1.165) is 6.54 Å². The van der Waals surface area contributed by atoms with Gasteiger partial charge in [-0.2, -0.15) is 0 Å². The average Bonchev–Trinajstić information content (AvgIpc) is 2.88. The summed E-state index contributed by atoms with van der Waals surface area (Å²) in [5, 5.41) is 3.72. The second-order valence-corrected chi connectivity index (χ2v) is 5.59. The van der Waals surface area contributed by atoms with Crippen molar-refractivity contribution < 1.29 is 0 Å². The van der Waals surface area contributed by atoms with Crippen LogP contribution in [0.1, 0.15) is 51.1 Å². The lowest BCUT2D eigenvalue weighted by atomic mass is 9.96. The fraction of sp³-hybridized carbons (Fsp3) is 0.529. The lowest BCUT2D eigenvalue weighted by molar-refractivity contribution is 0.414. The molecule has 18 heavy (non-hydrogen) atoms. The van der Waals surface area contributed by atoms with E-state index in [2.05, 4.69) is 55.6 Å². The summed E-state index contributed by atoms with van der Waals surface area (Å²) in [5.74, 6) is 0.630. The van der Waals surface area contributed by atoms with Crippen LogP contribution in [0.5, 0.6) is 0 Å². The first-order chi connectivity index (χ1) is 8.77. The van der Waals surface area contributed by atoms with Gasteiger partial charge < -0.3 is 5.32 Å². The second-order valence-electron chi connectivity index (χ2n) is 5.59. The van der Waals surface area contributed by atoms with Crippen LogP contribution < -0.4 is 5.32 Å². The number of benzene rings is 1. The van der Waals surface area contributed by atoms with Gasteiger partial charge >= 0.3 is 0 Å². The predicted octanol–water partition coefficient (Wildman–Crippen LogP) is 4.47. The molecular weight excluding hydrogens is 218 g/mol. The van der Waals surface area contributed by atoms with Crippen molar-refractivity contribution in [2.24, 2.45) is 5.92 Å². The fourth-order valence-electron chi connectivity index (χ4n) is 2.75. The van der Waals surface area contributed by atoms with Crippen LogP contribution in [0.15, 0.2) is 42.0 Å². The lowest BCUT2D eigenvalue weighted by Gasteiger charge is -2.23. The van der Waals surface area contributed by atoms with E-state index in [0.29, 0.717) is 12.0 Å². The maximum Gasteiger partial charge on any atom is 0.0343 e. The van der Waals surface area contributed by atoms with Crippen LogP contribution in [-0.4, -0.2) is 6.54 Å². The molecule has 2 rings (SSSR count). The van der Waals surface area contributed by atoms with E-state index in [1.807, 2.05) is 0 Å². The van der Waals surface area contributed by atoms with Crippen LogP contribution in [0.25, 0.3) is 0 Å². The summed E-state index contributed by atoms with van der Waals surface area (Å²) in [6.45, 7) is 5.68. The van der Waals surface area contributed by atoms with Crippen LogP contribution in [0.4, 0.5) is 0 Å². The van der Waals surface area contributed by atoms with Crippen molar-refractivity contribution in [2.45, 2.75) is 45.6 Å². The van der Waals surface area contributed by atoms with Crippen LogP contribution in [-0.2, 0) is 0 Å². The quantitative estimate of drug-likeness (QED) is 0.727. The Bertz CT molecular complexity index is 378. The summed E-state index contributed by atoms with van der Waals surface area (Å²) in [7, 11) is 0. The van der Waals surface area contributed by atoms with Gasteiger partial charge in [-0.25, -0.2) is 0 Å². The second kappa shape index (κ2) is 6.75. The molecule has 1 N–H and O–H groups in total. The van der Waals surface area contributed by atoms with E-state index < -0.39 is 0 Å². The van der Waals surface area contributed by atoms with Crippen molar-refractivity contribution in [3.63, 3.8) is 0 Å². The van der Waals surface area contributed by atoms with E-state index in [9.17, 15) is 0 Å². The Labute approximate surface area is 111 Å². The first kappa shape index (κ1) is 13.4. The molecule has 1 aromatic rings. The minimum absolute atomic E-state index is 0.480. The predicted molar refractivity (Wildman–Crippen MR) is 78.6 cm³/mol. The third-order valence-electron chi connectivity index (χ3n) is 3.77. The normalized spacial score (nSPS) is 16.9. The zero-order valence-corrected chi connectivity index (χ0v) is 11.7. The molecular formula is C17H25N. The van der Waals surface area contributed by atoms with Gasteiger partial charge in [0, 0.05) is 6.04 Å². The number of allylic oxidation sites excluding steroid dienone is 1. The minimum atomic E-state index is 0.480. The molecule has 1 heteroatoms. The Hall–Kier alpha value is -1.08. The van der Waals surface area contributed by atoms with Gasteiger partial charge in [-0.05, 0) is 43.7 Å². The molecule has 1 aliphatic rings. The summed E-state index contributed by atoms with van der Waals surface area (Å²) >= 11 is 0. The molecule has 0 saturated heterocycles. The average molecular weight is 243 g/mol. The smallest absolute Gasteiger partial charge is 0.0343 e. The van der Waals surface area contributed by atoms with Crippen LogP contribution in [0, 0.1) is 5.92 Å².